The molecule has 6 heteroatoms. The van der Waals surface area contributed by atoms with Gasteiger partial charge in [-0.2, -0.15) is 5.10 Å². The Hall–Kier alpha value is -3.12. The van der Waals surface area contributed by atoms with Gasteiger partial charge in [-0.1, -0.05) is 42.5 Å². The highest BCUT2D eigenvalue weighted by Gasteiger charge is 2.35. The third-order valence-corrected chi connectivity index (χ3v) is 6.24. The van der Waals surface area contributed by atoms with Crippen molar-refractivity contribution < 1.29 is 9.52 Å². The molecule has 1 aromatic heterocycles. The van der Waals surface area contributed by atoms with E-state index in [4.69, 9.17) is 9.52 Å². The number of hydrazone groups is 1. The van der Waals surface area contributed by atoms with Crippen molar-refractivity contribution in [1.29, 1.82) is 0 Å². The first-order valence-electron chi connectivity index (χ1n) is 11.2. The quantitative estimate of drug-likeness (QED) is 0.342. The summed E-state index contributed by atoms with van der Waals surface area (Å²) in [5, 5.41) is 18.4. The smallest absolute Gasteiger partial charge is 0.343 e. The average molecular weight is 434 g/mol. The van der Waals surface area contributed by atoms with Gasteiger partial charge < -0.3 is 19.4 Å². The van der Waals surface area contributed by atoms with Crippen molar-refractivity contribution in [2.24, 2.45) is 11.0 Å². The largest absolute Gasteiger partial charge is 0.507 e. The van der Waals surface area contributed by atoms with Crippen LogP contribution in [0.3, 0.4) is 0 Å². The number of likely N-dealkylation sites (tertiary alicyclic amines) is 1. The molecule has 0 radical (unpaired) electrons. The van der Waals surface area contributed by atoms with Gasteiger partial charge in [0, 0.05) is 38.2 Å². The number of hydrogen-bond acceptors (Lipinski definition) is 6. The molecule has 1 aliphatic rings. The highest BCUT2D eigenvalue weighted by molar-refractivity contribution is 5.88. The van der Waals surface area contributed by atoms with E-state index in [1.807, 2.05) is 57.4 Å². The second-order valence-electron chi connectivity index (χ2n) is 8.74. The fraction of sp³-hybridized carbons (Fsp3) is 0.385. The fourth-order valence-corrected chi connectivity index (χ4v) is 4.79. The summed E-state index contributed by atoms with van der Waals surface area (Å²) in [7, 11) is 3.80. The molecule has 1 fully saturated rings. The van der Waals surface area contributed by atoms with Gasteiger partial charge in [0.25, 0.3) is 0 Å². The summed E-state index contributed by atoms with van der Waals surface area (Å²) in [6, 6.07) is 17.0. The fourth-order valence-electron chi connectivity index (χ4n) is 4.79. The summed E-state index contributed by atoms with van der Waals surface area (Å²) in [5.41, 5.74) is 2.07. The predicted octanol–water partition coefficient (Wildman–Crippen LogP) is 4.28. The van der Waals surface area contributed by atoms with E-state index in [0.29, 0.717) is 16.5 Å². The van der Waals surface area contributed by atoms with Crippen molar-refractivity contribution in [2.75, 3.05) is 33.7 Å². The lowest BCUT2D eigenvalue weighted by Gasteiger charge is -2.31. The summed E-state index contributed by atoms with van der Waals surface area (Å²) >= 11 is 0. The molecule has 0 amide bonds. The zero-order chi connectivity index (χ0) is 22.7. The van der Waals surface area contributed by atoms with Gasteiger partial charge in [-0.15, -0.1) is 0 Å². The Balaban J connectivity index is 1.93. The Bertz CT molecular complexity index is 1150. The van der Waals surface area contributed by atoms with E-state index in [0.717, 1.165) is 30.9 Å². The van der Waals surface area contributed by atoms with Crippen LogP contribution in [0.4, 0.5) is 0 Å². The van der Waals surface area contributed by atoms with E-state index in [-0.39, 0.29) is 17.6 Å². The summed E-state index contributed by atoms with van der Waals surface area (Å²) < 4.78 is 5.68. The SMILES string of the molecule is C/C(=N/N(C)C)[C@H](CN1CCCC1)[C@H](c1ccccc1)c1c(O)c2ccccc2oc1=O. The van der Waals surface area contributed by atoms with Crippen LogP contribution >= 0.6 is 0 Å². The van der Waals surface area contributed by atoms with E-state index >= 15 is 0 Å². The van der Waals surface area contributed by atoms with Gasteiger partial charge in [-0.25, -0.2) is 4.79 Å². The van der Waals surface area contributed by atoms with Crippen LogP contribution in [-0.2, 0) is 0 Å². The van der Waals surface area contributed by atoms with Gasteiger partial charge in [-0.05, 0) is 50.6 Å². The molecule has 2 heterocycles. The maximum absolute atomic E-state index is 13.3. The maximum Gasteiger partial charge on any atom is 0.343 e. The maximum atomic E-state index is 13.3. The van der Waals surface area contributed by atoms with Gasteiger partial charge >= 0.3 is 5.63 Å². The first-order valence-corrected chi connectivity index (χ1v) is 11.2. The lowest BCUT2D eigenvalue weighted by Crippen LogP contribution is -2.36. The summed E-state index contributed by atoms with van der Waals surface area (Å²) in [5.74, 6) is -0.496. The van der Waals surface area contributed by atoms with Crippen LogP contribution in [0.5, 0.6) is 5.75 Å². The first kappa shape index (κ1) is 22.1. The summed E-state index contributed by atoms with van der Waals surface area (Å²) in [6.45, 7) is 4.84. The Morgan fingerprint density at radius 1 is 1.09 bits per heavy atom. The molecule has 6 nitrogen and oxygen atoms in total. The normalized spacial score (nSPS) is 16.9. The molecule has 3 aromatic rings. The number of benzene rings is 2. The minimum atomic E-state index is -0.501. The van der Waals surface area contributed by atoms with Gasteiger partial charge in [-0.3, -0.25) is 0 Å². The van der Waals surface area contributed by atoms with E-state index in [1.54, 1.807) is 23.2 Å². The van der Waals surface area contributed by atoms with E-state index in [1.165, 1.54) is 12.8 Å². The van der Waals surface area contributed by atoms with Gasteiger partial charge in [0.1, 0.15) is 11.3 Å². The van der Waals surface area contributed by atoms with Crippen LogP contribution in [0.1, 0.15) is 36.8 Å². The van der Waals surface area contributed by atoms with Crippen molar-refractivity contribution in [1.82, 2.24) is 9.91 Å². The summed E-state index contributed by atoms with van der Waals surface area (Å²) in [6.07, 6.45) is 2.35. The minimum Gasteiger partial charge on any atom is -0.507 e. The highest BCUT2D eigenvalue weighted by Crippen LogP contribution is 2.39. The monoisotopic (exact) mass is 433 g/mol. The average Bonchev–Trinajstić information content (AvgIpc) is 3.29. The zero-order valence-corrected chi connectivity index (χ0v) is 19.0. The van der Waals surface area contributed by atoms with Crippen molar-refractivity contribution in [3.05, 3.63) is 76.1 Å². The Morgan fingerprint density at radius 3 is 2.44 bits per heavy atom. The highest BCUT2D eigenvalue weighted by atomic mass is 16.4. The molecule has 4 rings (SSSR count). The molecule has 0 bridgehead atoms. The number of hydrogen-bond donors (Lipinski definition) is 1. The zero-order valence-electron chi connectivity index (χ0n) is 19.0. The van der Waals surface area contributed by atoms with Gasteiger partial charge in [0.05, 0.1) is 10.9 Å². The second-order valence-corrected chi connectivity index (χ2v) is 8.74. The third kappa shape index (κ3) is 4.55. The van der Waals surface area contributed by atoms with Crippen LogP contribution in [-0.4, -0.2) is 54.5 Å². The van der Waals surface area contributed by atoms with E-state index in [9.17, 15) is 9.90 Å². The minimum absolute atomic E-state index is 0.00484. The van der Waals surface area contributed by atoms with Crippen LogP contribution in [0.25, 0.3) is 11.0 Å². The molecule has 2 aromatic carbocycles. The third-order valence-electron chi connectivity index (χ3n) is 6.24. The molecule has 1 aliphatic heterocycles. The molecule has 32 heavy (non-hydrogen) atoms. The number of rotatable bonds is 7. The van der Waals surface area contributed by atoms with Gasteiger partial charge in [0.15, 0.2) is 0 Å². The number of fused-ring (bicyclic) bond motifs is 1. The first-order chi connectivity index (χ1) is 15.5. The van der Waals surface area contributed by atoms with E-state index in [2.05, 4.69) is 4.90 Å². The molecule has 0 spiro atoms. The van der Waals surface area contributed by atoms with Crippen LogP contribution in [0.2, 0.25) is 0 Å². The number of aromatic hydroxyl groups is 1. The molecular formula is C26H31N3O3. The Kier molecular flexibility index (Phi) is 6.61. The van der Waals surface area contributed by atoms with Crippen LogP contribution in [0, 0.1) is 5.92 Å². The standard InChI is InChI=1S/C26H31N3O3/c1-18(27-28(2)3)21(17-29-15-9-10-16-29)23(19-11-5-4-6-12-19)24-25(30)20-13-7-8-14-22(20)32-26(24)31/h4-8,11-14,21,23,30H,9-10,15-17H2,1-3H3/b27-18-/t21-,23-/m0/s1. The number of nitrogens with zero attached hydrogens (tertiary/aromatic N) is 3. The van der Waals surface area contributed by atoms with Crippen molar-refractivity contribution in [3.63, 3.8) is 0 Å². The lowest BCUT2D eigenvalue weighted by atomic mass is 9.78. The molecule has 1 N–H and O–H groups in total. The van der Waals surface area contributed by atoms with Crippen molar-refractivity contribution >= 4 is 16.7 Å². The van der Waals surface area contributed by atoms with Gasteiger partial charge in [0.2, 0.25) is 0 Å². The molecule has 0 unspecified atom stereocenters. The topological polar surface area (TPSA) is 69.3 Å². The molecule has 1 saturated heterocycles. The molecule has 0 aliphatic carbocycles. The van der Waals surface area contributed by atoms with Crippen molar-refractivity contribution in [3.8, 4) is 5.75 Å². The number of para-hydroxylation sites is 1. The molecular weight excluding hydrogens is 402 g/mol. The van der Waals surface area contributed by atoms with E-state index < -0.39 is 5.63 Å². The Labute approximate surface area is 188 Å². The lowest BCUT2D eigenvalue weighted by molar-refractivity contribution is 0.293. The predicted molar refractivity (Wildman–Crippen MR) is 128 cm³/mol. The van der Waals surface area contributed by atoms with Crippen LogP contribution in [0.15, 0.2) is 68.9 Å². The summed E-state index contributed by atoms with van der Waals surface area (Å²) in [4.78, 5) is 15.7. The Morgan fingerprint density at radius 2 is 1.75 bits per heavy atom. The van der Waals surface area contributed by atoms with Crippen LogP contribution < -0.4 is 5.63 Å². The molecule has 168 valence electrons. The second kappa shape index (κ2) is 9.57. The molecule has 2 atom stereocenters. The van der Waals surface area contributed by atoms with Crippen molar-refractivity contribution in [2.45, 2.75) is 25.7 Å². The molecule has 0 saturated carbocycles.